The van der Waals surface area contributed by atoms with Gasteiger partial charge in [0, 0.05) is 18.1 Å². The van der Waals surface area contributed by atoms with Crippen molar-refractivity contribution in [3.63, 3.8) is 0 Å². The van der Waals surface area contributed by atoms with E-state index in [4.69, 9.17) is 4.74 Å². The summed E-state index contributed by atoms with van der Waals surface area (Å²) in [5.41, 5.74) is 4.99. The van der Waals surface area contributed by atoms with Gasteiger partial charge in [-0.2, -0.15) is 11.8 Å². The van der Waals surface area contributed by atoms with Crippen LogP contribution >= 0.6 is 11.8 Å². The summed E-state index contributed by atoms with van der Waals surface area (Å²) in [7, 11) is 0. The number of benzene rings is 2. The van der Waals surface area contributed by atoms with Crippen LogP contribution in [0, 0.1) is 20.8 Å². The van der Waals surface area contributed by atoms with Gasteiger partial charge in [0.05, 0.1) is 0 Å². The summed E-state index contributed by atoms with van der Waals surface area (Å²) >= 11 is 1.82. The maximum Gasteiger partial charge on any atom is 0.260 e. The molecule has 2 aromatic rings. The van der Waals surface area contributed by atoms with Gasteiger partial charge in [0.15, 0.2) is 6.10 Å². The minimum absolute atomic E-state index is 0.0746. The van der Waals surface area contributed by atoms with E-state index in [1.54, 1.807) is 6.92 Å². The Morgan fingerprint density at radius 2 is 1.92 bits per heavy atom. The highest BCUT2D eigenvalue weighted by Gasteiger charge is 2.14. The number of carbonyl (C=O) groups is 1. The Labute approximate surface area is 155 Å². The lowest BCUT2D eigenvalue weighted by atomic mass is 10.1. The molecular weight excluding hydrogens is 330 g/mol. The topological polar surface area (TPSA) is 38.3 Å². The molecule has 0 aliphatic carbocycles. The van der Waals surface area contributed by atoms with E-state index in [2.05, 4.69) is 43.4 Å². The molecule has 0 heterocycles. The van der Waals surface area contributed by atoms with Crippen LogP contribution in [0.15, 0.2) is 42.5 Å². The van der Waals surface area contributed by atoms with Crippen LogP contribution in [0.2, 0.25) is 0 Å². The Bertz CT molecular complexity index is 715. The molecule has 0 unspecified atom stereocenters. The van der Waals surface area contributed by atoms with E-state index in [0.29, 0.717) is 6.54 Å². The predicted octanol–water partition coefficient (Wildman–Crippen LogP) is 4.43. The highest BCUT2D eigenvalue weighted by molar-refractivity contribution is 7.98. The molecule has 1 atom stereocenters. The summed E-state index contributed by atoms with van der Waals surface area (Å²) in [5, 5.41) is 2.94. The number of rotatable bonds is 8. The Morgan fingerprint density at radius 3 is 2.64 bits per heavy atom. The summed E-state index contributed by atoms with van der Waals surface area (Å²) in [6.45, 7) is 8.63. The zero-order valence-corrected chi connectivity index (χ0v) is 16.3. The average Bonchev–Trinajstić information content (AvgIpc) is 2.57. The second-order valence-corrected chi connectivity index (χ2v) is 7.44. The Hall–Kier alpha value is -1.94. The molecule has 134 valence electrons. The van der Waals surface area contributed by atoms with Gasteiger partial charge in [-0.3, -0.25) is 4.79 Å². The van der Waals surface area contributed by atoms with Crippen LogP contribution in [-0.2, 0) is 10.5 Å². The fourth-order valence-electron chi connectivity index (χ4n) is 2.43. The highest BCUT2D eigenvalue weighted by atomic mass is 32.2. The minimum Gasteiger partial charge on any atom is -0.481 e. The van der Waals surface area contributed by atoms with Crippen molar-refractivity contribution in [3.05, 3.63) is 64.7 Å². The van der Waals surface area contributed by atoms with Crippen LogP contribution in [-0.4, -0.2) is 24.3 Å². The predicted molar refractivity (Wildman–Crippen MR) is 106 cm³/mol. The van der Waals surface area contributed by atoms with Crippen LogP contribution in [0.4, 0.5) is 0 Å². The standard InChI is InChI=1S/C21H27NO2S/c1-15-6-5-7-19(12-15)14-25-11-10-22-21(23)18(4)24-20-9-8-16(2)17(3)13-20/h5-9,12-13,18H,10-11,14H2,1-4H3,(H,22,23)/t18-/m1/s1. The van der Waals surface area contributed by atoms with Crippen molar-refractivity contribution in [2.24, 2.45) is 0 Å². The quantitative estimate of drug-likeness (QED) is 0.710. The van der Waals surface area contributed by atoms with Crippen LogP contribution < -0.4 is 10.1 Å². The van der Waals surface area contributed by atoms with Gasteiger partial charge in [-0.25, -0.2) is 0 Å². The second-order valence-electron chi connectivity index (χ2n) is 6.34. The smallest absolute Gasteiger partial charge is 0.260 e. The fraction of sp³-hybridized carbons (Fsp3) is 0.381. The van der Waals surface area contributed by atoms with Crippen LogP contribution in [0.5, 0.6) is 5.75 Å². The first-order valence-electron chi connectivity index (χ1n) is 8.60. The Morgan fingerprint density at radius 1 is 1.12 bits per heavy atom. The van der Waals surface area contributed by atoms with Crippen molar-refractivity contribution < 1.29 is 9.53 Å². The van der Waals surface area contributed by atoms with Crippen LogP contribution in [0.25, 0.3) is 0 Å². The zero-order valence-electron chi connectivity index (χ0n) is 15.5. The van der Waals surface area contributed by atoms with Gasteiger partial charge in [-0.15, -0.1) is 0 Å². The zero-order chi connectivity index (χ0) is 18.2. The Kier molecular flexibility index (Phi) is 7.38. The second kappa shape index (κ2) is 9.52. The summed E-state index contributed by atoms with van der Waals surface area (Å²) in [4.78, 5) is 12.1. The normalized spacial score (nSPS) is 11.8. The molecule has 1 N–H and O–H groups in total. The molecule has 4 heteroatoms. The van der Waals surface area contributed by atoms with Gasteiger partial charge in [-0.05, 0) is 56.5 Å². The van der Waals surface area contributed by atoms with Crippen LogP contribution in [0.1, 0.15) is 29.2 Å². The van der Waals surface area contributed by atoms with Crippen molar-refractivity contribution in [2.75, 3.05) is 12.3 Å². The van der Waals surface area contributed by atoms with E-state index in [0.717, 1.165) is 22.8 Å². The summed E-state index contributed by atoms with van der Waals surface area (Å²) in [5.74, 6) is 2.51. The maximum atomic E-state index is 12.1. The van der Waals surface area contributed by atoms with Gasteiger partial charge < -0.3 is 10.1 Å². The third-order valence-electron chi connectivity index (χ3n) is 4.06. The first-order valence-corrected chi connectivity index (χ1v) is 9.76. The molecule has 0 radical (unpaired) electrons. The molecule has 0 bridgehead atoms. The maximum absolute atomic E-state index is 12.1. The number of nitrogens with one attached hydrogen (secondary N) is 1. The summed E-state index contributed by atoms with van der Waals surface area (Å²) in [6, 6.07) is 14.4. The van der Waals surface area contributed by atoms with Crippen molar-refractivity contribution in [3.8, 4) is 5.75 Å². The molecule has 0 spiro atoms. The fourth-order valence-corrected chi connectivity index (χ4v) is 3.23. The molecule has 1 amide bonds. The lowest BCUT2D eigenvalue weighted by Gasteiger charge is -2.15. The largest absolute Gasteiger partial charge is 0.481 e. The Balaban J connectivity index is 1.68. The first-order chi connectivity index (χ1) is 12.0. The van der Waals surface area contributed by atoms with Crippen molar-refractivity contribution in [1.29, 1.82) is 0 Å². The van der Waals surface area contributed by atoms with Crippen molar-refractivity contribution in [1.82, 2.24) is 5.32 Å². The SMILES string of the molecule is Cc1cccc(CSCCNC(=O)[C@@H](C)Oc2ccc(C)c(C)c2)c1. The molecule has 2 rings (SSSR count). The summed E-state index contributed by atoms with van der Waals surface area (Å²) < 4.78 is 5.73. The van der Waals surface area contributed by atoms with E-state index in [9.17, 15) is 4.79 Å². The molecule has 0 aliphatic rings. The molecule has 2 aromatic carbocycles. The lowest BCUT2D eigenvalue weighted by Crippen LogP contribution is -2.37. The number of aryl methyl sites for hydroxylation is 3. The number of thioether (sulfide) groups is 1. The van der Waals surface area contributed by atoms with Crippen molar-refractivity contribution >= 4 is 17.7 Å². The number of amides is 1. The molecule has 0 saturated heterocycles. The van der Waals surface area contributed by atoms with E-state index in [1.165, 1.54) is 16.7 Å². The van der Waals surface area contributed by atoms with E-state index < -0.39 is 6.10 Å². The molecule has 3 nitrogen and oxygen atoms in total. The van der Waals surface area contributed by atoms with Gasteiger partial charge in [-0.1, -0.05) is 35.9 Å². The number of hydrogen-bond donors (Lipinski definition) is 1. The lowest BCUT2D eigenvalue weighted by molar-refractivity contribution is -0.127. The molecule has 0 aromatic heterocycles. The van der Waals surface area contributed by atoms with E-state index in [1.807, 2.05) is 36.9 Å². The third kappa shape index (κ3) is 6.46. The van der Waals surface area contributed by atoms with Gasteiger partial charge in [0.25, 0.3) is 5.91 Å². The molecule has 0 fully saturated rings. The number of carbonyl (C=O) groups excluding carboxylic acids is 1. The highest BCUT2D eigenvalue weighted by Crippen LogP contribution is 2.18. The van der Waals surface area contributed by atoms with Gasteiger partial charge in [0.2, 0.25) is 0 Å². The van der Waals surface area contributed by atoms with E-state index >= 15 is 0 Å². The van der Waals surface area contributed by atoms with Gasteiger partial charge >= 0.3 is 0 Å². The molecular formula is C21H27NO2S. The van der Waals surface area contributed by atoms with Crippen molar-refractivity contribution in [2.45, 2.75) is 39.6 Å². The van der Waals surface area contributed by atoms with E-state index in [-0.39, 0.29) is 5.91 Å². The summed E-state index contributed by atoms with van der Waals surface area (Å²) in [6.07, 6.45) is -0.496. The monoisotopic (exact) mass is 357 g/mol. The van der Waals surface area contributed by atoms with Crippen LogP contribution in [0.3, 0.4) is 0 Å². The average molecular weight is 358 g/mol. The number of ether oxygens (including phenoxy) is 1. The molecule has 0 saturated carbocycles. The molecule has 0 aliphatic heterocycles. The minimum atomic E-state index is -0.496. The first kappa shape index (κ1) is 19.4. The van der Waals surface area contributed by atoms with Gasteiger partial charge in [0.1, 0.15) is 5.75 Å². The third-order valence-corrected chi connectivity index (χ3v) is 5.09. The number of hydrogen-bond acceptors (Lipinski definition) is 3. The molecule has 25 heavy (non-hydrogen) atoms.